The van der Waals surface area contributed by atoms with E-state index in [0.29, 0.717) is 29.1 Å². The summed E-state index contributed by atoms with van der Waals surface area (Å²) >= 11 is 6.39. The highest BCUT2D eigenvalue weighted by atomic mass is 35.5. The first-order valence-electron chi connectivity index (χ1n) is 13.0. The zero-order valence-electron chi connectivity index (χ0n) is 23.0. The minimum Gasteiger partial charge on any atom is -0.444 e. The molecule has 4 N–H and O–H groups in total. The monoisotopic (exact) mass is 556 g/mol. The molecule has 0 radical (unpaired) electrons. The van der Waals surface area contributed by atoms with Gasteiger partial charge in [0.2, 0.25) is 11.8 Å². The number of amides is 4. The van der Waals surface area contributed by atoms with Crippen molar-refractivity contribution in [2.75, 3.05) is 5.32 Å². The van der Waals surface area contributed by atoms with E-state index in [4.69, 9.17) is 22.1 Å². The van der Waals surface area contributed by atoms with E-state index in [2.05, 4.69) is 10.6 Å². The molecule has 210 valence electrons. The SMILES string of the molecule is Cc1ccc(C(C(=O)Nc2c(C)cccc2Cl)N(C(=O)C(CCC(N)=O)NC(=O)OC(C)(C)C)C2CC2)cc1. The number of alkyl carbamates (subject to hydrolysis) is 1. The van der Waals surface area contributed by atoms with Crippen molar-refractivity contribution in [3.8, 4) is 0 Å². The summed E-state index contributed by atoms with van der Waals surface area (Å²) in [7, 11) is 0. The van der Waals surface area contributed by atoms with E-state index in [0.717, 1.165) is 11.1 Å². The van der Waals surface area contributed by atoms with Crippen LogP contribution in [0, 0.1) is 13.8 Å². The first-order valence-corrected chi connectivity index (χ1v) is 13.4. The molecule has 0 saturated heterocycles. The molecule has 0 spiro atoms. The molecule has 1 saturated carbocycles. The van der Waals surface area contributed by atoms with Crippen molar-refractivity contribution < 1.29 is 23.9 Å². The van der Waals surface area contributed by atoms with Crippen LogP contribution in [0.25, 0.3) is 0 Å². The maximum Gasteiger partial charge on any atom is 0.408 e. The zero-order valence-corrected chi connectivity index (χ0v) is 23.8. The predicted molar refractivity (Wildman–Crippen MR) is 150 cm³/mol. The topological polar surface area (TPSA) is 131 Å². The smallest absolute Gasteiger partial charge is 0.408 e. The Hall–Kier alpha value is -3.59. The van der Waals surface area contributed by atoms with E-state index < -0.39 is 41.5 Å². The number of nitrogens with two attached hydrogens (primary N) is 1. The number of anilines is 1. The van der Waals surface area contributed by atoms with Gasteiger partial charge in [-0.1, -0.05) is 53.6 Å². The number of aryl methyl sites for hydroxylation is 2. The molecule has 1 aliphatic carbocycles. The number of carbonyl (C=O) groups excluding carboxylic acids is 4. The molecule has 2 aromatic carbocycles. The summed E-state index contributed by atoms with van der Waals surface area (Å²) in [4.78, 5) is 53.8. The molecule has 2 aromatic rings. The van der Waals surface area contributed by atoms with Gasteiger partial charge >= 0.3 is 6.09 Å². The second kappa shape index (κ2) is 12.5. The maximum absolute atomic E-state index is 14.1. The molecule has 0 aliphatic heterocycles. The van der Waals surface area contributed by atoms with Gasteiger partial charge in [-0.15, -0.1) is 0 Å². The van der Waals surface area contributed by atoms with Crippen LogP contribution in [-0.2, 0) is 19.1 Å². The summed E-state index contributed by atoms with van der Waals surface area (Å²) in [6, 6.07) is 10.3. The third-order valence-corrected chi connectivity index (χ3v) is 6.57. The Kier molecular flexibility index (Phi) is 9.61. The Bertz CT molecular complexity index is 1200. The molecule has 9 nitrogen and oxygen atoms in total. The van der Waals surface area contributed by atoms with Gasteiger partial charge in [0.15, 0.2) is 0 Å². The number of halogens is 1. The molecule has 2 unspecified atom stereocenters. The number of nitrogens with zero attached hydrogens (tertiary/aromatic N) is 1. The van der Waals surface area contributed by atoms with Crippen molar-refractivity contribution in [3.63, 3.8) is 0 Å². The quantitative estimate of drug-likeness (QED) is 0.387. The van der Waals surface area contributed by atoms with Gasteiger partial charge < -0.3 is 26.0 Å². The standard InChI is InChI=1S/C29H37ClN4O5/c1-17-9-11-19(12-10-17)25(26(36)33-24-18(2)7-6-8-21(24)30)34(20-13-14-20)27(37)22(15-16-23(31)35)32-28(38)39-29(3,4)5/h6-12,20,22,25H,13-16H2,1-5H3,(H2,31,35)(H,32,38)(H,33,36). The van der Waals surface area contributed by atoms with Crippen LogP contribution >= 0.6 is 11.6 Å². The minimum absolute atomic E-state index is 0.0392. The highest BCUT2D eigenvalue weighted by Crippen LogP contribution is 2.37. The van der Waals surface area contributed by atoms with Gasteiger partial charge in [-0.05, 0) is 71.1 Å². The Morgan fingerprint density at radius 1 is 1.08 bits per heavy atom. The van der Waals surface area contributed by atoms with Gasteiger partial charge in [0, 0.05) is 12.5 Å². The molecule has 39 heavy (non-hydrogen) atoms. The number of benzene rings is 2. The molecule has 10 heteroatoms. The lowest BCUT2D eigenvalue weighted by Gasteiger charge is -2.35. The minimum atomic E-state index is -1.13. The molecule has 2 atom stereocenters. The summed E-state index contributed by atoms with van der Waals surface area (Å²) < 4.78 is 5.36. The fraction of sp³-hybridized carbons (Fsp3) is 0.448. The highest BCUT2D eigenvalue weighted by Gasteiger charge is 2.44. The van der Waals surface area contributed by atoms with Crippen LogP contribution in [0.4, 0.5) is 10.5 Å². The van der Waals surface area contributed by atoms with Gasteiger partial charge in [-0.3, -0.25) is 14.4 Å². The van der Waals surface area contributed by atoms with Gasteiger partial charge in [-0.2, -0.15) is 0 Å². The molecule has 4 amide bonds. The number of hydrogen-bond donors (Lipinski definition) is 3. The van der Waals surface area contributed by atoms with Gasteiger partial charge in [0.25, 0.3) is 5.91 Å². The number of carbonyl (C=O) groups is 4. The van der Waals surface area contributed by atoms with E-state index in [1.54, 1.807) is 45.0 Å². The Morgan fingerprint density at radius 3 is 2.26 bits per heavy atom. The summed E-state index contributed by atoms with van der Waals surface area (Å²) in [6.07, 6.45) is 0.417. The summed E-state index contributed by atoms with van der Waals surface area (Å²) in [5, 5.41) is 5.90. The van der Waals surface area contributed by atoms with Gasteiger partial charge in [0.05, 0.1) is 10.7 Å². The molecule has 1 aliphatic rings. The van der Waals surface area contributed by atoms with Gasteiger partial charge in [-0.25, -0.2) is 4.79 Å². The molecule has 3 rings (SSSR count). The van der Waals surface area contributed by atoms with Crippen molar-refractivity contribution in [3.05, 3.63) is 64.2 Å². The number of para-hydroxylation sites is 1. The number of hydrogen-bond acceptors (Lipinski definition) is 5. The van der Waals surface area contributed by atoms with Crippen molar-refractivity contribution in [1.29, 1.82) is 0 Å². The first-order chi connectivity index (χ1) is 18.3. The third-order valence-electron chi connectivity index (χ3n) is 6.25. The molecular formula is C29H37ClN4O5. The van der Waals surface area contributed by atoms with E-state index in [9.17, 15) is 19.2 Å². The predicted octanol–water partition coefficient (Wildman–Crippen LogP) is 4.79. The highest BCUT2D eigenvalue weighted by molar-refractivity contribution is 6.34. The van der Waals surface area contributed by atoms with Crippen LogP contribution in [-0.4, -0.2) is 46.4 Å². The average Bonchev–Trinajstić information content (AvgIpc) is 3.66. The Morgan fingerprint density at radius 2 is 1.72 bits per heavy atom. The van der Waals surface area contributed by atoms with Crippen LogP contribution in [0.15, 0.2) is 42.5 Å². The lowest BCUT2D eigenvalue weighted by Crippen LogP contribution is -2.53. The lowest BCUT2D eigenvalue weighted by molar-refractivity contribution is -0.141. The van der Waals surface area contributed by atoms with Crippen LogP contribution < -0.4 is 16.4 Å². The Labute approximate surface area is 234 Å². The number of ether oxygens (including phenoxy) is 1. The molecule has 0 bridgehead atoms. The average molecular weight is 557 g/mol. The summed E-state index contributed by atoms with van der Waals surface area (Å²) in [5.74, 6) is -1.55. The number of nitrogens with one attached hydrogen (secondary N) is 2. The second-order valence-corrected chi connectivity index (χ2v) is 11.3. The Balaban J connectivity index is 2.01. The second-order valence-electron chi connectivity index (χ2n) is 10.9. The zero-order chi connectivity index (χ0) is 28.9. The molecular weight excluding hydrogens is 520 g/mol. The van der Waals surface area contributed by atoms with E-state index in [-0.39, 0.29) is 18.9 Å². The van der Waals surface area contributed by atoms with Crippen LogP contribution in [0.2, 0.25) is 5.02 Å². The van der Waals surface area contributed by atoms with E-state index in [1.807, 2.05) is 32.0 Å². The summed E-state index contributed by atoms with van der Waals surface area (Å²) in [5.41, 5.74) is 7.40. The maximum atomic E-state index is 14.1. The van der Waals surface area contributed by atoms with Gasteiger partial charge in [0.1, 0.15) is 17.7 Å². The molecule has 0 heterocycles. The van der Waals surface area contributed by atoms with Crippen LogP contribution in [0.5, 0.6) is 0 Å². The summed E-state index contributed by atoms with van der Waals surface area (Å²) in [6.45, 7) is 8.88. The third kappa shape index (κ3) is 8.45. The normalized spacial score (nSPS) is 14.6. The van der Waals surface area contributed by atoms with Crippen LogP contribution in [0.3, 0.4) is 0 Å². The largest absolute Gasteiger partial charge is 0.444 e. The van der Waals surface area contributed by atoms with Crippen molar-refractivity contribution in [2.24, 2.45) is 5.73 Å². The molecule has 0 aromatic heterocycles. The fourth-order valence-electron chi connectivity index (χ4n) is 4.21. The molecule has 1 fully saturated rings. The van der Waals surface area contributed by atoms with E-state index >= 15 is 0 Å². The first kappa shape index (κ1) is 30.0. The number of rotatable bonds is 10. The lowest BCUT2D eigenvalue weighted by atomic mass is 10.00. The number of primary amides is 1. The van der Waals surface area contributed by atoms with Crippen molar-refractivity contribution in [2.45, 2.75) is 84.0 Å². The van der Waals surface area contributed by atoms with E-state index in [1.165, 1.54) is 4.90 Å². The van der Waals surface area contributed by atoms with Crippen molar-refractivity contribution >= 4 is 41.1 Å². The van der Waals surface area contributed by atoms with Crippen molar-refractivity contribution in [1.82, 2.24) is 10.2 Å². The van der Waals surface area contributed by atoms with Crippen LogP contribution in [0.1, 0.15) is 69.2 Å². The fourth-order valence-corrected chi connectivity index (χ4v) is 4.48.